The van der Waals surface area contributed by atoms with Gasteiger partial charge in [0.15, 0.2) is 5.75 Å². The number of methoxy groups -OCH3 is 1. The second kappa shape index (κ2) is 4.91. The molecule has 7 heteroatoms. The summed E-state index contributed by atoms with van der Waals surface area (Å²) in [6.07, 6.45) is -4.82. The van der Waals surface area contributed by atoms with Gasteiger partial charge < -0.3 is 9.47 Å². The highest BCUT2D eigenvalue weighted by molar-refractivity contribution is 5.43. The number of aryl methyl sites for hydroxylation is 1. The lowest BCUT2D eigenvalue weighted by molar-refractivity contribution is -0.275. The summed E-state index contributed by atoms with van der Waals surface area (Å²) in [6, 6.07) is 3.20. The molecule has 4 nitrogen and oxygen atoms in total. The number of ether oxygens (including phenoxy) is 2. The van der Waals surface area contributed by atoms with Crippen molar-refractivity contribution in [1.82, 2.24) is 4.98 Å². The fraction of sp³-hybridized carbons (Fsp3) is 0.400. The van der Waals surface area contributed by atoms with E-state index in [1.807, 2.05) is 6.07 Å². The number of halogens is 3. The molecule has 0 spiro atoms. The van der Waals surface area contributed by atoms with Crippen LogP contribution in [0.1, 0.15) is 11.3 Å². The lowest BCUT2D eigenvalue weighted by Crippen LogP contribution is -2.19. The fourth-order valence-electron chi connectivity index (χ4n) is 1.25. The van der Waals surface area contributed by atoms with Gasteiger partial charge in [0.1, 0.15) is 0 Å². The van der Waals surface area contributed by atoms with Crippen molar-refractivity contribution >= 4 is 0 Å². The van der Waals surface area contributed by atoms with Crippen LogP contribution in [-0.4, -0.2) is 18.5 Å². The Labute approximate surface area is 95.6 Å². The van der Waals surface area contributed by atoms with Crippen LogP contribution >= 0.6 is 0 Å². The van der Waals surface area contributed by atoms with Gasteiger partial charge in [-0.1, -0.05) is 0 Å². The Kier molecular flexibility index (Phi) is 3.78. The van der Waals surface area contributed by atoms with E-state index in [9.17, 15) is 13.2 Å². The third-order valence-corrected chi connectivity index (χ3v) is 1.85. The molecule has 1 heterocycles. The van der Waals surface area contributed by atoms with Gasteiger partial charge >= 0.3 is 6.36 Å². The van der Waals surface area contributed by atoms with E-state index in [0.717, 1.165) is 0 Å². The molecule has 1 aromatic heterocycles. The quantitative estimate of drug-likeness (QED) is 0.821. The molecular weight excluding hydrogens is 237 g/mol. The minimum Gasteiger partial charge on any atom is -0.478 e. The van der Waals surface area contributed by atoms with E-state index in [1.54, 1.807) is 0 Å². The van der Waals surface area contributed by atoms with Gasteiger partial charge in [-0.3, -0.25) is 0 Å². The predicted molar refractivity (Wildman–Crippen MR) is 51.5 cm³/mol. The molecule has 0 unspecified atom stereocenters. The molecule has 0 fully saturated rings. The first kappa shape index (κ1) is 13.1. The number of alkyl halides is 3. The fourth-order valence-corrected chi connectivity index (χ4v) is 1.25. The van der Waals surface area contributed by atoms with E-state index in [4.69, 9.17) is 10.00 Å². The standard InChI is InChI=1S/C10H9F3N2O2/c1-6-5-7(3-4-14)15-9(16-2)8(6)17-10(11,12)13/h5H,3H2,1-2H3. The maximum atomic E-state index is 12.1. The van der Waals surface area contributed by atoms with Crippen molar-refractivity contribution in [1.29, 1.82) is 5.26 Å². The van der Waals surface area contributed by atoms with E-state index in [0.29, 0.717) is 5.69 Å². The van der Waals surface area contributed by atoms with Crippen LogP contribution in [0.4, 0.5) is 13.2 Å². The maximum Gasteiger partial charge on any atom is 0.573 e. The molecule has 17 heavy (non-hydrogen) atoms. The molecule has 0 aliphatic rings. The van der Waals surface area contributed by atoms with Crippen molar-refractivity contribution in [3.63, 3.8) is 0 Å². The van der Waals surface area contributed by atoms with Gasteiger partial charge in [-0.25, -0.2) is 4.98 Å². The van der Waals surface area contributed by atoms with Crippen molar-refractivity contribution in [2.75, 3.05) is 7.11 Å². The molecule has 0 saturated heterocycles. The predicted octanol–water partition coefficient (Wildman–Crippen LogP) is 2.36. The Balaban J connectivity index is 3.17. The van der Waals surface area contributed by atoms with Gasteiger partial charge in [0.25, 0.3) is 5.88 Å². The number of hydrogen-bond donors (Lipinski definition) is 0. The van der Waals surface area contributed by atoms with Crippen LogP contribution in [0.2, 0.25) is 0 Å². The third kappa shape index (κ3) is 3.52. The van der Waals surface area contributed by atoms with Crippen molar-refractivity contribution < 1.29 is 22.6 Å². The van der Waals surface area contributed by atoms with Crippen molar-refractivity contribution in [2.45, 2.75) is 19.7 Å². The first-order valence-corrected chi connectivity index (χ1v) is 4.54. The van der Waals surface area contributed by atoms with Gasteiger partial charge in [-0.2, -0.15) is 5.26 Å². The Hall–Kier alpha value is -1.97. The summed E-state index contributed by atoms with van der Waals surface area (Å²) in [5.74, 6) is -0.769. The second-order valence-electron chi connectivity index (χ2n) is 3.15. The first-order chi connectivity index (χ1) is 7.87. The normalized spacial score (nSPS) is 10.8. The molecule has 0 aliphatic carbocycles. The first-order valence-electron chi connectivity index (χ1n) is 4.54. The average Bonchev–Trinajstić information content (AvgIpc) is 2.20. The molecule has 0 bridgehead atoms. The van der Waals surface area contributed by atoms with Gasteiger partial charge in [0.2, 0.25) is 0 Å². The van der Waals surface area contributed by atoms with E-state index in [1.165, 1.54) is 20.1 Å². The summed E-state index contributed by atoms with van der Waals surface area (Å²) >= 11 is 0. The van der Waals surface area contributed by atoms with Crippen LogP contribution in [0.25, 0.3) is 0 Å². The van der Waals surface area contributed by atoms with Gasteiger partial charge in [-0.05, 0) is 18.6 Å². The zero-order chi connectivity index (χ0) is 13.1. The average molecular weight is 246 g/mol. The molecule has 92 valence electrons. The number of nitriles is 1. The summed E-state index contributed by atoms with van der Waals surface area (Å²) in [7, 11) is 1.18. The molecule has 0 atom stereocenters. The van der Waals surface area contributed by atoms with Gasteiger partial charge in [0, 0.05) is 0 Å². The lowest BCUT2D eigenvalue weighted by Gasteiger charge is -2.14. The molecule has 0 amide bonds. The number of rotatable bonds is 3. The Morgan fingerprint density at radius 3 is 2.59 bits per heavy atom. The third-order valence-electron chi connectivity index (χ3n) is 1.85. The molecule has 0 radical (unpaired) electrons. The van der Waals surface area contributed by atoms with Crippen LogP contribution < -0.4 is 9.47 Å². The molecule has 1 aromatic rings. The van der Waals surface area contributed by atoms with E-state index < -0.39 is 12.1 Å². The van der Waals surface area contributed by atoms with Crippen molar-refractivity contribution in [3.8, 4) is 17.7 Å². The molecule has 0 aromatic carbocycles. The van der Waals surface area contributed by atoms with E-state index >= 15 is 0 Å². The Morgan fingerprint density at radius 2 is 2.12 bits per heavy atom. The van der Waals surface area contributed by atoms with Crippen LogP contribution in [0, 0.1) is 18.3 Å². The van der Waals surface area contributed by atoms with Crippen LogP contribution in [-0.2, 0) is 6.42 Å². The monoisotopic (exact) mass is 246 g/mol. The number of nitrogens with zero attached hydrogens (tertiary/aromatic N) is 2. The van der Waals surface area contributed by atoms with E-state index in [2.05, 4.69) is 9.72 Å². The molecular formula is C10H9F3N2O2. The van der Waals surface area contributed by atoms with Crippen molar-refractivity contribution in [3.05, 3.63) is 17.3 Å². The highest BCUT2D eigenvalue weighted by Crippen LogP contribution is 2.34. The van der Waals surface area contributed by atoms with Gasteiger partial charge in [0.05, 0.1) is 25.3 Å². The molecule has 0 aliphatic heterocycles. The topological polar surface area (TPSA) is 55.1 Å². The summed E-state index contributed by atoms with van der Waals surface area (Å²) in [6.45, 7) is 1.42. The number of aromatic nitrogens is 1. The largest absolute Gasteiger partial charge is 0.573 e. The Bertz CT molecular complexity index is 452. The molecule has 0 N–H and O–H groups in total. The zero-order valence-corrected chi connectivity index (χ0v) is 9.13. The van der Waals surface area contributed by atoms with Gasteiger partial charge in [-0.15, -0.1) is 13.2 Å². The van der Waals surface area contributed by atoms with Crippen molar-refractivity contribution in [2.24, 2.45) is 0 Å². The van der Waals surface area contributed by atoms with Crippen LogP contribution in [0.3, 0.4) is 0 Å². The summed E-state index contributed by atoms with van der Waals surface area (Å²) in [5, 5.41) is 8.49. The van der Waals surface area contributed by atoms with Crippen LogP contribution in [0.5, 0.6) is 11.6 Å². The lowest BCUT2D eigenvalue weighted by atomic mass is 10.2. The highest BCUT2D eigenvalue weighted by Gasteiger charge is 2.33. The minimum absolute atomic E-state index is 0.0104. The highest BCUT2D eigenvalue weighted by atomic mass is 19.4. The minimum atomic E-state index is -4.81. The maximum absolute atomic E-state index is 12.1. The summed E-state index contributed by atoms with van der Waals surface area (Å²) < 4.78 is 44.9. The SMILES string of the molecule is COc1nc(CC#N)cc(C)c1OC(F)(F)F. The molecule has 0 saturated carbocycles. The smallest absolute Gasteiger partial charge is 0.478 e. The second-order valence-corrected chi connectivity index (χ2v) is 3.15. The zero-order valence-electron chi connectivity index (χ0n) is 9.13. The molecule has 1 rings (SSSR count). The number of pyridine rings is 1. The van der Waals surface area contributed by atoms with Crippen LogP contribution in [0.15, 0.2) is 6.07 Å². The Morgan fingerprint density at radius 1 is 1.47 bits per heavy atom. The summed E-state index contributed by atoms with van der Waals surface area (Å²) in [4.78, 5) is 3.76. The summed E-state index contributed by atoms with van der Waals surface area (Å²) in [5.41, 5.74) is 0.538. The number of hydrogen-bond acceptors (Lipinski definition) is 4. The van der Waals surface area contributed by atoms with E-state index in [-0.39, 0.29) is 17.9 Å².